The standard InChI is InChI=1S/C26H46/c1-3-5-7-11-23-15-19-25(20-16-23)13-9-10-14-26-21-17-24(18-22-26)12-8-6-4-2/h7,9,11,13,23-26H,3-6,8,10,12,14-22H2,1-2H3/t23-,24-,25-,26-. The molecule has 0 aromatic carbocycles. The summed E-state index contributed by atoms with van der Waals surface area (Å²) in [6.45, 7) is 4.59. The molecule has 0 spiro atoms. The van der Waals surface area contributed by atoms with Gasteiger partial charge in [0, 0.05) is 0 Å². The summed E-state index contributed by atoms with van der Waals surface area (Å²) < 4.78 is 0. The summed E-state index contributed by atoms with van der Waals surface area (Å²) in [5, 5.41) is 0. The van der Waals surface area contributed by atoms with Gasteiger partial charge in [-0.15, -0.1) is 0 Å². The van der Waals surface area contributed by atoms with E-state index in [4.69, 9.17) is 0 Å². The Morgan fingerprint density at radius 3 is 1.65 bits per heavy atom. The highest BCUT2D eigenvalue weighted by Gasteiger charge is 2.20. The Labute approximate surface area is 164 Å². The predicted octanol–water partition coefficient (Wildman–Crippen LogP) is 8.87. The van der Waals surface area contributed by atoms with Crippen molar-refractivity contribution in [2.24, 2.45) is 23.7 Å². The van der Waals surface area contributed by atoms with Gasteiger partial charge >= 0.3 is 0 Å². The zero-order chi connectivity index (χ0) is 18.5. The Bertz CT molecular complexity index is 375. The van der Waals surface area contributed by atoms with E-state index in [9.17, 15) is 0 Å². The molecule has 0 amide bonds. The van der Waals surface area contributed by atoms with Gasteiger partial charge in [-0.25, -0.2) is 0 Å². The molecule has 150 valence electrons. The molecule has 0 heteroatoms. The van der Waals surface area contributed by atoms with E-state index >= 15 is 0 Å². The van der Waals surface area contributed by atoms with Gasteiger partial charge in [-0.1, -0.05) is 95.9 Å². The van der Waals surface area contributed by atoms with Crippen LogP contribution >= 0.6 is 0 Å². The van der Waals surface area contributed by atoms with Crippen LogP contribution in [0.4, 0.5) is 0 Å². The lowest BCUT2D eigenvalue weighted by molar-refractivity contribution is 0.250. The zero-order valence-electron chi connectivity index (χ0n) is 17.9. The van der Waals surface area contributed by atoms with Gasteiger partial charge in [-0.3, -0.25) is 0 Å². The Kier molecular flexibility index (Phi) is 11.4. The van der Waals surface area contributed by atoms with Crippen LogP contribution in [0.5, 0.6) is 0 Å². The second kappa shape index (κ2) is 13.6. The summed E-state index contributed by atoms with van der Waals surface area (Å²) in [7, 11) is 0. The summed E-state index contributed by atoms with van der Waals surface area (Å²) in [6, 6.07) is 0. The highest BCUT2D eigenvalue weighted by atomic mass is 14.3. The van der Waals surface area contributed by atoms with E-state index in [0.717, 1.165) is 23.7 Å². The Balaban J connectivity index is 1.51. The average molecular weight is 359 g/mol. The number of allylic oxidation sites excluding steroid dienone is 4. The van der Waals surface area contributed by atoms with E-state index in [1.54, 1.807) is 0 Å². The molecular formula is C26H46. The van der Waals surface area contributed by atoms with E-state index in [1.165, 1.54) is 103 Å². The van der Waals surface area contributed by atoms with Crippen molar-refractivity contribution >= 4 is 0 Å². The van der Waals surface area contributed by atoms with E-state index < -0.39 is 0 Å². The molecule has 0 aliphatic heterocycles. The molecule has 0 aromatic heterocycles. The topological polar surface area (TPSA) is 0 Å². The van der Waals surface area contributed by atoms with Crippen LogP contribution < -0.4 is 0 Å². The molecule has 0 bridgehead atoms. The Morgan fingerprint density at radius 1 is 0.577 bits per heavy atom. The molecule has 0 unspecified atom stereocenters. The van der Waals surface area contributed by atoms with Crippen LogP contribution in [0, 0.1) is 23.7 Å². The van der Waals surface area contributed by atoms with Crippen LogP contribution in [0.1, 0.15) is 117 Å². The lowest BCUT2D eigenvalue weighted by atomic mass is 9.78. The maximum atomic E-state index is 2.57. The van der Waals surface area contributed by atoms with Crippen LogP contribution in [0.2, 0.25) is 0 Å². The molecule has 0 heterocycles. The summed E-state index contributed by atoms with van der Waals surface area (Å²) in [6.07, 6.45) is 32.9. The van der Waals surface area contributed by atoms with E-state index in [-0.39, 0.29) is 0 Å². The zero-order valence-corrected chi connectivity index (χ0v) is 17.9. The molecule has 0 aromatic rings. The minimum Gasteiger partial charge on any atom is -0.0883 e. The van der Waals surface area contributed by atoms with Crippen LogP contribution in [-0.4, -0.2) is 0 Å². The highest BCUT2D eigenvalue weighted by Crippen LogP contribution is 2.35. The number of rotatable bonds is 11. The molecule has 0 atom stereocenters. The first-order valence-corrected chi connectivity index (χ1v) is 12.1. The summed E-state index contributed by atoms with van der Waals surface area (Å²) >= 11 is 0. The van der Waals surface area contributed by atoms with Gasteiger partial charge in [0.15, 0.2) is 0 Å². The maximum Gasteiger partial charge on any atom is -0.0233 e. The van der Waals surface area contributed by atoms with Crippen LogP contribution in [0.15, 0.2) is 24.3 Å². The Hall–Kier alpha value is -0.520. The molecule has 2 aliphatic carbocycles. The third-order valence-electron chi connectivity index (χ3n) is 7.01. The smallest absolute Gasteiger partial charge is 0.0233 e. The molecule has 2 rings (SSSR count). The summed E-state index contributed by atoms with van der Waals surface area (Å²) in [4.78, 5) is 0. The summed E-state index contributed by atoms with van der Waals surface area (Å²) in [5.41, 5.74) is 0. The van der Waals surface area contributed by atoms with E-state index in [2.05, 4.69) is 38.2 Å². The van der Waals surface area contributed by atoms with Crippen molar-refractivity contribution in [2.45, 2.75) is 117 Å². The highest BCUT2D eigenvalue weighted by molar-refractivity contribution is 4.96. The molecule has 2 saturated carbocycles. The minimum absolute atomic E-state index is 0.874. The average Bonchev–Trinajstić information content (AvgIpc) is 2.68. The van der Waals surface area contributed by atoms with Gasteiger partial charge in [0.2, 0.25) is 0 Å². The number of hydrogen-bond acceptors (Lipinski definition) is 0. The SMILES string of the molecule is CCCC=C[C@H]1CC[C@H](C=CCC[C@H]2CC[C@H](CCCCC)CC2)CC1. The van der Waals surface area contributed by atoms with Crippen LogP contribution in [0.25, 0.3) is 0 Å². The molecule has 0 N–H and O–H groups in total. The van der Waals surface area contributed by atoms with Gasteiger partial charge in [0.05, 0.1) is 0 Å². The van der Waals surface area contributed by atoms with E-state index in [0.29, 0.717) is 0 Å². The first-order chi connectivity index (χ1) is 12.8. The molecule has 0 radical (unpaired) electrons. The fourth-order valence-electron chi connectivity index (χ4n) is 5.10. The van der Waals surface area contributed by atoms with E-state index in [1.807, 2.05) is 0 Å². The van der Waals surface area contributed by atoms with Gasteiger partial charge in [0.25, 0.3) is 0 Å². The molecule has 0 nitrogen and oxygen atoms in total. The van der Waals surface area contributed by atoms with Gasteiger partial charge in [-0.2, -0.15) is 0 Å². The molecule has 2 fully saturated rings. The Morgan fingerprint density at radius 2 is 1.12 bits per heavy atom. The van der Waals surface area contributed by atoms with Gasteiger partial charge < -0.3 is 0 Å². The lowest BCUT2D eigenvalue weighted by Gasteiger charge is -2.28. The van der Waals surface area contributed by atoms with Crippen molar-refractivity contribution in [1.29, 1.82) is 0 Å². The summed E-state index contributed by atoms with van der Waals surface area (Å²) in [5.74, 6) is 3.84. The molecule has 0 saturated heterocycles. The minimum atomic E-state index is 0.874. The molecule has 2 aliphatic rings. The van der Waals surface area contributed by atoms with Crippen molar-refractivity contribution in [3.8, 4) is 0 Å². The van der Waals surface area contributed by atoms with Crippen molar-refractivity contribution in [3.63, 3.8) is 0 Å². The maximum absolute atomic E-state index is 2.57. The fraction of sp³-hybridized carbons (Fsp3) is 0.846. The third kappa shape index (κ3) is 8.92. The molecular weight excluding hydrogens is 312 g/mol. The quantitative estimate of drug-likeness (QED) is 0.255. The second-order valence-electron chi connectivity index (χ2n) is 9.28. The van der Waals surface area contributed by atoms with Crippen molar-refractivity contribution in [1.82, 2.24) is 0 Å². The van der Waals surface area contributed by atoms with Crippen molar-refractivity contribution in [2.75, 3.05) is 0 Å². The fourth-order valence-corrected chi connectivity index (χ4v) is 5.10. The monoisotopic (exact) mass is 358 g/mol. The molecule has 26 heavy (non-hydrogen) atoms. The third-order valence-corrected chi connectivity index (χ3v) is 7.01. The van der Waals surface area contributed by atoms with Crippen LogP contribution in [0.3, 0.4) is 0 Å². The first-order valence-electron chi connectivity index (χ1n) is 12.1. The second-order valence-corrected chi connectivity index (χ2v) is 9.28. The predicted molar refractivity (Wildman–Crippen MR) is 117 cm³/mol. The van der Waals surface area contributed by atoms with Crippen molar-refractivity contribution in [3.05, 3.63) is 24.3 Å². The van der Waals surface area contributed by atoms with Gasteiger partial charge in [-0.05, 0) is 68.6 Å². The first kappa shape index (κ1) is 21.8. The van der Waals surface area contributed by atoms with Crippen molar-refractivity contribution < 1.29 is 0 Å². The number of unbranched alkanes of at least 4 members (excludes halogenated alkanes) is 3. The largest absolute Gasteiger partial charge is 0.0883 e. The van der Waals surface area contributed by atoms with Gasteiger partial charge in [0.1, 0.15) is 0 Å². The normalized spacial score (nSPS) is 30.4. The van der Waals surface area contributed by atoms with Crippen LogP contribution in [-0.2, 0) is 0 Å². The lowest BCUT2D eigenvalue weighted by Crippen LogP contribution is -2.14. The number of hydrogen-bond donors (Lipinski definition) is 0.